The molecule has 6 rings (SSSR count). The van der Waals surface area contributed by atoms with Gasteiger partial charge in [0.2, 0.25) is 0 Å². The molecule has 1 aromatic carbocycles. The molecule has 3 aliphatic rings. The maximum Gasteiger partial charge on any atom is 0.340 e. The highest BCUT2D eigenvalue weighted by Crippen LogP contribution is 2.41. The summed E-state index contributed by atoms with van der Waals surface area (Å²) in [5, 5.41) is 14.2. The van der Waals surface area contributed by atoms with Crippen molar-refractivity contribution >= 4 is 23.2 Å². The van der Waals surface area contributed by atoms with Crippen molar-refractivity contribution in [2.24, 2.45) is 5.73 Å². The Kier molecular flexibility index (Phi) is 10.3. The molecule has 2 aromatic heterocycles. The van der Waals surface area contributed by atoms with Crippen molar-refractivity contribution in [2.75, 3.05) is 13.6 Å². The van der Waals surface area contributed by atoms with Crippen LogP contribution in [0.3, 0.4) is 0 Å². The van der Waals surface area contributed by atoms with E-state index >= 15 is 0 Å². The molecular weight excluding hydrogens is 515 g/mol. The van der Waals surface area contributed by atoms with E-state index in [4.69, 9.17) is 9.72 Å². The second-order valence-electron chi connectivity index (χ2n) is 9.72. The summed E-state index contributed by atoms with van der Waals surface area (Å²) in [6.45, 7) is 10.5. The summed E-state index contributed by atoms with van der Waals surface area (Å²) in [7, 11) is 1.50. The predicted molar refractivity (Wildman–Crippen MR) is 153 cm³/mol. The van der Waals surface area contributed by atoms with E-state index in [2.05, 4.69) is 11.1 Å². The molecule has 4 N–H and O–H groups in total. The van der Waals surface area contributed by atoms with Crippen molar-refractivity contribution in [1.82, 2.24) is 14.9 Å². The van der Waals surface area contributed by atoms with Crippen LogP contribution in [0.1, 0.15) is 73.6 Å². The zero-order valence-electron chi connectivity index (χ0n) is 24.1. The standard InChI is InChI=1S/C22H17FN2O4.C5H11NO.C2H6.CH5N/c1-9-10-3-2-4-11-13-7-25-17(19(13)24-16(18(10)11)6-15(9)23)5-12-14(21(25)27)8-29-22(28)20(12)26;1-5(2)6-3-4-7;2*1-2/h5-6,20,26H,2-4,7-8H2,1H3;4-6H,3H2,1-2H3;1-2H3;2H2,1H3. The number of aliphatic hydroxyl groups is 1. The number of carbonyl (C=O) groups excluding carboxylic acids is 2. The SMILES string of the molecule is CC.CC(C)NCC=O.CN.Cc1c(F)cc2nc3c(c4c2c1CCC4)Cn1c-3cc2c(c1=O)COC(=O)C2O. The molecule has 40 heavy (non-hydrogen) atoms. The predicted octanol–water partition coefficient (Wildman–Crippen LogP) is 3.24. The van der Waals surface area contributed by atoms with Crippen LogP contribution in [0.5, 0.6) is 0 Å². The van der Waals surface area contributed by atoms with Crippen LogP contribution in [0.15, 0.2) is 16.9 Å². The van der Waals surface area contributed by atoms with E-state index in [1.807, 2.05) is 27.7 Å². The molecule has 216 valence electrons. The smallest absolute Gasteiger partial charge is 0.340 e. The molecule has 0 amide bonds. The third-order valence-corrected chi connectivity index (χ3v) is 7.15. The number of aryl methyl sites for hydroxylation is 2. The molecule has 0 saturated carbocycles. The summed E-state index contributed by atoms with van der Waals surface area (Å²) >= 11 is 0. The fourth-order valence-corrected chi connectivity index (χ4v) is 5.35. The number of rotatable bonds is 3. The number of nitrogens with zero attached hydrogens (tertiary/aromatic N) is 2. The Morgan fingerprint density at radius 1 is 1.18 bits per heavy atom. The van der Waals surface area contributed by atoms with Crippen LogP contribution in [0.4, 0.5) is 4.39 Å². The minimum absolute atomic E-state index is 0.141. The molecule has 0 bridgehead atoms. The number of aliphatic hydroxyl groups excluding tert-OH is 1. The topological polar surface area (TPSA) is 137 Å². The quantitative estimate of drug-likeness (QED) is 0.259. The summed E-state index contributed by atoms with van der Waals surface area (Å²) in [6, 6.07) is 3.55. The minimum atomic E-state index is -1.48. The number of cyclic esters (lactones) is 1. The van der Waals surface area contributed by atoms with Gasteiger partial charge in [-0.3, -0.25) is 4.79 Å². The van der Waals surface area contributed by atoms with Gasteiger partial charge in [0.25, 0.3) is 5.56 Å². The lowest BCUT2D eigenvalue weighted by atomic mass is 9.85. The summed E-state index contributed by atoms with van der Waals surface area (Å²) in [5.74, 6) is -1.03. The first-order valence-electron chi connectivity index (χ1n) is 13.7. The van der Waals surface area contributed by atoms with Crippen LogP contribution >= 0.6 is 0 Å². The van der Waals surface area contributed by atoms with E-state index in [0.29, 0.717) is 47.2 Å². The summed E-state index contributed by atoms with van der Waals surface area (Å²) in [6.07, 6.45) is 1.98. The van der Waals surface area contributed by atoms with Crippen LogP contribution in [-0.2, 0) is 40.3 Å². The molecule has 0 fully saturated rings. The van der Waals surface area contributed by atoms with Crippen molar-refractivity contribution in [3.8, 4) is 11.4 Å². The van der Waals surface area contributed by atoms with E-state index in [9.17, 15) is 23.9 Å². The summed E-state index contributed by atoms with van der Waals surface area (Å²) in [5.41, 5.74) is 10.4. The number of esters is 1. The second-order valence-corrected chi connectivity index (χ2v) is 9.72. The summed E-state index contributed by atoms with van der Waals surface area (Å²) < 4.78 is 21.1. The number of nitrogens with one attached hydrogen (secondary N) is 1. The first-order valence-corrected chi connectivity index (χ1v) is 13.7. The number of fused-ring (bicyclic) bond motifs is 5. The monoisotopic (exact) mass is 554 g/mol. The average molecular weight is 555 g/mol. The minimum Gasteiger partial charge on any atom is -0.458 e. The zero-order chi connectivity index (χ0) is 29.7. The van der Waals surface area contributed by atoms with Crippen molar-refractivity contribution < 1.29 is 23.8 Å². The largest absolute Gasteiger partial charge is 0.458 e. The Bertz CT molecular complexity index is 1480. The molecule has 1 atom stereocenters. The van der Waals surface area contributed by atoms with Crippen LogP contribution in [0.25, 0.3) is 22.3 Å². The molecule has 3 aromatic rings. The van der Waals surface area contributed by atoms with Gasteiger partial charge >= 0.3 is 5.97 Å². The number of ether oxygens (including phenoxy) is 1. The van der Waals surface area contributed by atoms with E-state index in [1.54, 1.807) is 17.6 Å². The van der Waals surface area contributed by atoms with Gasteiger partial charge in [0.05, 0.1) is 35.6 Å². The van der Waals surface area contributed by atoms with Crippen LogP contribution in [0, 0.1) is 12.7 Å². The highest BCUT2D eigenvalue weighted by Gasteiger charge is 2.35. The second kappa shape index (κ2) is 13.3. The first-order chi connectivity index (χ1) is 19.2. The van der Waals surface area contributed by atoms with E-state index < -0.39 is 12.1 Å². The number of aldehydes is 1. The maximum absolute atomic E-state index is 14.5. The molecule has 1 aliphatic carbocycles. The number of halogens is 1. The van der Waals surface area contributed by atoms with Crippen molar-refractivity contribution in [3.63, 3.8) is 0 Å². The molecule has 4 heterocycles. The molecular formula is C30H39FN4O5. The average Bonchev–Trinajstić information content (AvgIpc) is 3.34. The lowest BCUT2D eigenvalue weighted by Gasteiger charge is -2.22. The van der Waals surface area contributed by atoms with E-state index in [0.717, 1.165) is 47.6 Å². The summed E-state index contributed by atoms with van der Waals surface area (Å²) in [4.78, 5) is 39.2. The third-order valence-electron chi connectivity index (χ3n) is 7.15. The molecule has 10 heteroatoms. The lowest BCUT2D eigenvalue weighted by molar-refractivity contribution is -0.157. The van der Waals surface area contributed by atoms with Crippen LogP contribution < -0.4 is 16.6 Å². The van der Waals surface area contributed by atoms with Crippen LogP contribution in [-0.4, -0.2) is 46.5 Å². The van der Waals surface area contributed by atoms with Crippen molar-refractivity contribution in [1.29, 1.82) is 0 Å². The van der Waals surface area contributed by atoms with Gasteiger partial charge in [-0.05, 0) is 56.0 Å². The number of aromatic nitrogens is 2. The number of hydrogen-bond acceptors (Lipinski definition) is 8. The molecule has 9 nitrogen and oxygen atoms in total. The maximum atomic E-state index is 14.5. The molecule has 0 radical (unpaired) electrons. The Balaban J connectivity index is 0.000000349. The van der Waals surface area contributed by atoms with Gasteiger partial charge in [0.15, 0.2) is 6.10 Å². The Labute approximate surface area is 233 Å². The van der Waals surface area contributed by atoms with Crippen molar-refractivity contribution in [2.45, 2.75) is 79.2 Å². The van der Waals surface area contributed by atoms with Gasteiger partial charge in [0.1, 0.15) is 18.7 Å². The Morgan fingerprint density at radius 3 is 2.48 bits per heavy atom. The fourth-order valence-electron chi connectivity index (χ4n) is 5.35. The van der Waals surface area contributed by atoms with Crippen molar-refractivity contribution in [3.05, 3.63) is 61.7 Å². The van der Waals surface area contributed by atoms with Gasteiger partial charge in [-0.25, -0.2) is 14.2 Å². The first kappa shape index (κ1) is 31.1. The van der Waals surface area contributed by atoms with Crippen LogP contribution in [0.2, 0.25) is 0 Å². The lowest BCUT2D eigenvalue weighted by Crippen LogP contribution is -2.32. The number of carbonyl (C=O) groups is 2. The Hall–Kier alpha value is -3.47. The van der Waals surface area contributed by atoms with E-state index in [1.165, 1.54) is 13.1 Å². The van der Waals surface area contributed by atoms with Gasteiger partial charge in [-0.2, -0.15) is 0 Å². The molecule has 2 aliphatic heterocycles. The molecule has 0 saturated heterocycles. The van der Waals surface area contributed by atoms with Gasteiger partial charge < -0.3 is 30.3 Å². The Morgan fingerprint density at radius 2 is 1.85 bits per heavy atom. The van der Waals surface area contributed by atoms with Gasteiger partial charge in [-0.1, -0.05) is 27.7 Å². The number of hydrogen-bond donors (Lipinski definition) is 3. The highest BCUT2D eigenvalue weighted by molar-refractivity contribution is 5.92. The fraction of sp³-hybridized carbons (Fsp3) is 0.467. The molecule has 1 unspecified atom stereocenters. The van der Waals surface area contributed by atoms with E-state index in [-0.39, 0.29) is 23.5 Å². The van der Waals surface area contributed by atoms with Gasteiger partial charge in [0, 0.05) is 28.6 Å². The molecule has 0 spiro atoms. The highest BCUT2D eigenvalue weighted by atomic mass is 19.1. The number of benzene rings is 1. The zero-order valence-corrected chi connectivity index (χ0v) is 24.1. The third kappa shape index (κ3) is 5.56. The normalized spacial score (nSPS) is 15.8. The van der Waals surface area contributed by atoms with Gasteiger partial charge in [-0.15, -0.1) is 0 Å². The number of pyridine rings is 2. The number of nitrogens with two attached hydrogens (primary N) is 1.